The molecule has 1 aromatic heterocycles. The number of rotatable bonds is 7. The molecule has 26 heavy (non-hydrogen) atoms. The van der Waals surface area contributed by atoms with Crippen LogP contribution in [0.4, 0.5) is 5.69 Å². The van der Waals surface area contributed by atoms with Gasteiger partial charge >= 0.3 is 0 Å². The summed E-state index contributed by atoms with van der Waals surface area (Å²) in [5, 5.41) is 22.5. The quantitative estimate of drug-likeness (QED) is 0.650. The number of para-hydroxylation sites is 1. The molecule has 1 aromatic carbocycles. The summed E-state index contributed by atoms with van der Waals surface area (Å²) in [4.78, 5) is 24.5. The third-order valence-electron chi connectivity index (χ3n) is 4.08. The molecule has 0 saturated heterocycles. The summed E-state index contributed by atoms with van der Waals surface area (Å²) in [6.45, 7) is 1.99. The molecule has 1 aliphatic heterocycles. The molecule has 0 aliphatic carbocycles. The van der Waals surface area contributed by atoms with Crippen LogP contribution in [0.25, 0.3) is 0 Å². The fourth-order valence-electron chi connectivity index (χ4n) is 2.80. The number of H-pyrrole nitrogens is 1. The third kappa shape index (κ3) is 3.68. The molecule has 1 aliphatic rings. The maximum absolute atomic E-state index is 12.7. The van der Waals surface area contributed by atoms with Crippen molar-refractivity contribution in [1.82, 2.24) is 25.9 Å². The van der Waals surface area contributed by atoms with Gasteiger partial charge in [0.25, 0.3) is 5.91 Å². The first-order chi connectivity index (χ1) is 12.6. The number of hydrogen-bond acceptors (Lipinski definition) is 7. The SMILES string of the molecule is CCC[C@@H](NC(=O)C1=NN(c2ccccc2)[C@@H](C(N)=O)C1)c1nn[nH]n1. The third-order valence-corrected chi connectivity index (χ3v) is 4.08. The predicted molar refractivity (Wildman–Crippen MR) is 93.9 cm³/mol. The van der Waals surface area contributed by atoms with E-state index in [4.69, 9.17) is 5.73 Å². The van der Waals surface area contributed by atoms with Gasteiger partial charge in [-0.25, -0.2) is 0 Å². The van der Waals surface area contributed by atoms with Crippen LogP contribution in [0.15, 0.2) is 35.4 Å². The zero-order valence-electron chi connectivity index (χ0n) is 14.3. The number of amides is 2. The average Bonchev–Trinajstić information content (AvgIpc) is 3.32. The summed E-state index contributed by atoms with van der Waals surface area (Å²) >= 11 is 0. The Kier molecular flexibility index (Phi) is 5.20. The molecule has 0 radical (unpaired) electrons. The Morgan fingerprint density at radius 1 is 1.38 bits per heavy atom. The van der Waals surface area contributed by atoms with Gasteiger partial charge < -0.3 is 11.1 Å². The molecule has 2 aromatic rings. The summed E-state index contributed by atoms with van der Waals surface area (Å²) in [5.74, 6) is -0.508. The van der Waals surface area contributed by atoms with Gasteiger partial charge in [0, 0.05) is 6.42 Å². The standard InChI is InChI=1S/C16H20N8O2/c1-2-6-11(15-19-22-23-20-15)18-16(26)12-9-13(14(17)25)24(21-12)10-7-4-3-5-8-10/h3-5,7-8,11,13H,2,6,9H2,1H3,(H2,17,25)(H,18,26)(H,19,20,22,23)/t11-,13-/m1/s1. The lowest BCUT2D eigenvalue weighted by molar-refractivity contribution is -0.119. The Morgan fingerprint density at radius 2 is 2.15 bits per heavy atom. The van der Waals surface area contributed by atoms with Crippen LogP contribution in [-0.4, -0.2) is 44.2 Å². The number of primary amides is 1. The van der Waals surface area contributed by atoms with Gasteiger partial charge in [-0.15, -0.1) is 10.2 Å². The van der Waals surface area contributed by atoms with E-state index in [1.54, 1.807) is 12.1 Å². The van der Waals surface area contributed by atoms with Gasteiger partial charge in [0.15, 0.2) is 5.82 Å². The number of hydrazone groups is 1. The molecule has 0 saturated carbocycles. The van der Waals surface area contributed by atoms with Crippen LogP contribution in [0, 0.1) is 0 Å². The van der Waals surface area contributed by atoms with Crippen molar-refractivity contribution in [2.75, 3.05) is 5.01 Å². The molecule has 136 valence electrons. The zero-order valence-corrected chi connectivity index (χ0v) is 14.3. The highest BCUT2D eigenvalue weighted by molar-refractivity contribution is 6.40. The molecule has 10 heteroatoms. The summed E-state index contributed by atoms with van der Waals surface area (Å²) in [6, 6.07) is 8.04. The second kappa shape index (κ2) is 7.72. The largest absolute Gasteiger partial charge is 0.368 e. The van der Waals surface area contributed by atoms with Gasteiger partial charge in [0.1, 0.15) is 11.8 Å². The molecule has 4 N–H and O–H groups in total. The van der Waals surface area contributed by atoms with E-state index in [0.29, 0.717) is 17.9 Å². The highest BCUT2D eigenvalue weighted by atomic mass is 16.2. The fourth-order valence-corrected chi connectivity index (χ4v) is 2.80. The van der Waals surface area contributed by atoms with Crippen LogP contribution in [0.1, 0.15) is 38.1 Å². The van der Waals surface area contributed by atoms with Gasteiger partial charge in [-0.3, -0.25) is 14.6 Å². The van der Waals surface area contributed by atoms with Gasteiger partial charge in [-0.05, 0) is 18.6 Å². The topological polar surface area (TPSA) is 142 Å². The van der Waals surface area contributed by atoms with Crippen LogP contribution in [-0.2, 0) is 9.59 Å². The van der Waals surface area contributed by atoms with E-state index in [2.05, 4.69) is 31.0 Å². The van der Waals surface area contributed by atoms with Crippen LogP contribution in [0.2, 0.25) is 0 Å². The van der Waals surface area contributed by atoms with Crippen molar-refractivity contribution in [2.45, 2.75) is 38.3 Å². The Bertz CT molecular complexity index is 790. The van der Waals surface area contributed by atoms with Gasteiger partial charge in [0.05, 0.1) is 11.7 Å². The minimum Gasteiger partial charge on any atom is -0.368 e. The smallest absolute Gasteiger partial charge is 0.268 e. The molecule has 3 rings (SSSR count). The lowest BCUT2D eigenvalue weighted by atomic mass is 10.1. The normalized spacial score (nSPS) is 17.7. The van der Waals surface area contributed by atoms with Gasteiger partial charge in [-0.1, -0.05) is 36.8 Å². The van der Waals surface area contributed by atoms with Crippen molar-refractivity contribution >= 4 is 23.2 Å². The Hall–Kier alpha value is -3.30. The highest BCUT2D eigenvalue weighted by Crippen LogP contribution is 2.24. The number of nitrogens with zero attached hydrogens (tertiary/aromatic N) is 5. The molecule has 0 bridgehead atoms. The Balaban J connectivity index is 1.79. The van der Waals surface area contributed by atoms with E-state index in [1.807, 2.05) is 25.1 Å². The van der Waals surface area contributed by atoms with E-state index in [9.17, 15) is 9.59 Å². The van der Waals surface area contributed by atoms with Crippen molar-refractivity contribution < 1.29 is 9.59 Å². The molecule has 0 fully saturated rings. The molecular weight excluding hydrogens is 336 g/mol. The van der Waals surface area contributed by atoms with Crippen molar-refractivity contribution in [1.29, 1.82) is 0 Å². The van der Waals surface area contributed by atoms with E-state index >= 15 is 0 Å². The highest BCUT2D eigenvalue weighted by Gasteiger charge is 2.35. The minimum absolute atomic E-state index is 0.140. The molecule has 0 unspecified atom stereocenters. The maximum Gasteiger partial charge on any atom is 0.268 e. The first-order valence-corrected chi connectivity index (χ1v) is 8.35. The van der Waals surface area contributed by atoms with E-state index in [-0.39, 0.29) is 24.1 Å². The molecule has 0 spiro atoms. The number of benzene rings is 1. The second-order valence-electron chi connectivity index (χ2n) is 5.93. The van der Waals surface area contributed by atoms with Crippen molar-refractivity contribution in [3.63, 3.8) is 0 Å². The minimum atomic E-state index is -0.701. The molecular formula is C16H20N8O2. The number of hydrogen-bond donors (Lipinski definition) is 3. The number of aromatic amines is 1. The molecule has 2 heterocycles. The first-order valence-electron chi connectivity index (χ1n) is 8.35. The van der Waals surface area contributed by atoms with Gasteiger partial charge in [-0.2, -0.15) is 10.3 Å². The summed E-state index contributed by atoms with van der Waals surface area (Å²) in [6.07, 6.45) is 1.62. The van der Waals surface area contributed by atoms with Crippen LogP contribution < -0.4 is 16.1 Å². The Morgan fingerprint density at radius 3 is 2.77 bits per heavy atom. The van der Waals surface area contributed by atoms with Crippen molar-refractivity contribution in [3.05, 3.63) is 36.2 Å². The predicted octanol–water partition coefficient (Wildman–Crippen LogP) is 0.277. The lowest BCUT2D eigenvalue weighted by Gasteiger charge is -2.20. The number of carbonyl (C=O) groups is 2. The number of aromatic nitrogens is 4. The van der Waals surface area contributed by atoms with Crippen LogP contribution >= 0.6 is 0 Å². The van der Waals surface area contributed by atoms with Crippen molar-refractivity contribution in [2.24, 2.45) is 10.8 Å². The maximum atomic E-state index is 12.7. The van der Waals surface area contributed by atoms with E-state index < -0.39 is 11.9 Å². The lowest BCUT2D eigenvalue weighted by Crippen LogP contribution is -2.40. The summed E-state index contributed by atoms with van der Waals surface area (Å²) in [7, 11) is 0. The zero-order chi connectivity index (χ0) is 18.5. The Labute approximate surface area is 149 Å². The average molecular weight is 356 g/mol. The fraction of sp³-hybridized carbons (Fsp3) is 0.375. The summed E-state index contributed by atoms with van der Waals surface area (Å²) < 4.78 is 0. The van der Waals surface area contributed by atoms with Crippen LogP contribution in [0.5, 0.6) is 0 Å². The van der Waals surface area contributed by atoms with Crippen LogP contribution in [0.3, 0.4) is 0 Å². The second-order valence-corrected chi connectivity index (χ2v) is 5.93. The first kappa shape index (κ1) is 17.5. The molecule has 2 amide bonds. The van der Waals surface area contributed by atoms with E-state index in [1.165, 1.54) is 5.01 Å². The molecule has 10 nitrogen and oxygen atoms in total. The monoisotopic (exact) mass is 356 g/mol. The number of anilines is 1. The van der Waals surface area contributed by atoms with E-state index in [0.717, 1.165) is 6.42 Å². The number of nitrogens with two attached hydrogens (primary N) is 1. The molecule has 2 atom stereocenters. The number of nitrogens with one attached hydrogen (secondary N) is 2. The van der Waals surface area contributed by atoms with Gasteiger partial charge in [0.2, 0.25) is 5.91 Å². The van der Waals surface area contributed by atoms with Crippen molar-refractivity contribution in [3.8, 4) is 0 Å². The summed E-state index contributed by atoms with van der Waals surface area (Å²) in [5.41, 5.74) is 6.43. The number of carbonyl (C=O) groups excluding carboxylic acids is 2. The number of tetrazole rings is 1.